The van der Waals surface area contributed by atoms with Crippen molar-refractivity contribution < 1.29 is 0 Å². The van der Waals surface area contributed by atoms with E-state index in [2.05, 4.69) is 61.2 Å². The van der Waals surface area contributed by atoms with Crippen molar-refractivity contribution in [3.63, 3.8) is 0 Å². The van der Waals surface area contributed by atoms with E-state index in [4.69, 9.17) is 0 Å². The van der Waals surface area contributed by atoms with E-state index in [1.165, 1.54) is 22.3 Å². The minimum atomic E-state index is 0.926. The van der Waals surface area contributed by atoms with Gasteiger partial charge in [-0.05, 0) is 38.3 Å². The lowest BCUT2D eigenvalue weighted by atomic mass is 9.98. The second-order valence-electron chi connectivity index (χ2n) is 5.15. The van der Waals surface area contributed by atoms with Crippen molar-refractivity contribution in [2.75, 3.05) is 11.9 Å². The fraction of sp³-hybridized carbons (Fsp3) is 0.412. The third kappa shape index (κ3) is 2.98. The third-order valence-electron chi connectivity index (χ3n) is 3.49. The summed E-state index contributed by atoms with van der Waals surface area (Å²) >= 11 is 0. The average Bonchev–Trinajstić information content (AvgIpc) is 2.47. The van der Waals surface area contributed by atoms with Gasteiger partial charge in [0.2, 0.25) is 0 Å². The van der Waals surface area contributed by atoms with Crippen LogP contribution in [0.3, 0.4) is 0 Å². The number of hydrogen-bond acceptors (Lipinski definition) is 3. The van der Waals surface area contributed by atoms with Crippen LogP contribution < -0.4 is 5.32 Å². The molecule has 1 aromatic carbocycles. The van der Waals surface area contributed by atoms with Crippen LogP contribution in [0.5, 0.6) is 0 Å². The molecule has 0 bridgehead atoms. The smallest absolute Gasteiger partial charge is 0.133 e. The van der Waals surface area contributed by atoms with Gasteiger partial charge in [-0.15, -0.1) is 0 Å². The highest BCUT2D eigenvalue weighted by molar-refractivity contribution is 5.71. The summed E-state index contributed by atoms with van der Waals surface area (Å²) in [5.41, 5.74) is 5.99. The summed E-state index contributed by atoms with van der Waals surface area (Å²) in [5.74, 6) is 0.972. The average molecular weight is 269 g/mol. The number of aryl methyl sites for hydroxylation is 2. The van der Waals surface area contributed by atoms with Crippen LogP contribution in [0.2, 0.25) is 0 Å². The number of rotatable bonds is 5. The highest BCUT2D eigenvalue weighted by Gasteiger charge is 2.13. The van der Waals surface area contributed by atoms with Crippen LogP contribution in [0.25, 0.3) is 11.3 Å². The molecule has 0 unspecified atom stereocenters. The fourth-order valence-corrected chi connectivity index (χ4v) is 2.37. The maximum Gasteiger partial charge on any atom is 0.133 e. The quantitative estimate of drug-likeness (QED) is 0.886. The van der Waals surface area contributed by atoms with Gasteiger partial charge in [-0.3, -0.25) is 0 Å². The molecule has 2 rings (SSSR count). The lowest BCUT2D eigenvalue weighted by Gasteiger charge is -2.14. The maximum atomic E-state index is 4.54. The molecule has 0 amide bonds. The van der Waals surface area contributed by atoms with Crippen molar-refractivity contribution in [2.45, 2.75) is 40.5 Å². The number of nitrogens with zero attached hydrogens (tertiary/aromatic N) is 2. The molecule has 0 saturated heterocycles. The van der Waals surface area contributed by atoms with E-state index in [0.717, 1.165) is 30.9 Å². The van der Waals surface area contributed by atoms with Crippen LogP contribution in [-0.4, -0.2) is 16.5 Å². The van der Waals surface area contributed by atoms with E-state index in [9.17, 15) is 0 Å². The summed E-state index contributed by atoms with van der Waals surface area (Å²) < 4.78 is 0. The zero-order chi connectivity index (χ0) is 14.5. The van der Waals surface area contributed by atoms with Crippen LogP contribution >= 0.6 is 0 Å². The van der Waals surface area contributed by atoms with Gasteiger partial charge >= 0.3 is 0 Å². The predicted molar refractivity (Wildman–Crippen MR) is 85.1 cm³/mol. The largest absolute Gasteiger partial charge is 0.370 e. The minimum Gasteiger partial charge on any atom is -0.370 e. The van der Waals surface area contributed by atoms with Crippen LogP contribution in [0, 0.1) is 13.8 Å². The van der Waals surface area contributed by atoms with Crippen LogP contribution in [0.1, 0.15) is 37.0 Å². The topological polar surface area (TPSA) is 37.8 Å². The molecule has 0 radical (unpaired) electrons. The van der Waals surface area contributed by atoms with E-state index in [-0.39, 0.29) is 0 Å². The molecule has 3 nitrogen and oxygen atoms in total. The Bertz CT molecular complexity index is 591. The van der Waals surface area contributed by atoms with Gasteiger partial charge in [0, 0.05) is 17.7 Å². The van der Waals surface area contributed by atoms with Gasteiger partial charge < -0.3 is 5.32 Å². The molecule has 1 N–H and O–H groups in total. The first kappa shape index (κ1) is 14.5. The first-order valence-electron chi connectivity index (χ1n) is 7.32. The second kappa shape index (κ2) is 6.51. The standard InChI is InChI=1S/C17H23N3/c1-5-9-18-17-14(6-2)16(19-11-20-17)15-10-12(3)7-8-13(15)4/h7-8,10-11H,5-6,9H2,1-4H3,(H,18,19,20). The lowest BCUT2D eigenvalue weighted by Crippen LogP contribution is -2.07. The highest BCUT2D eigenvalue weighted by Crippen LogP contribution is 2.29. The molecule has 0 aliphatic carbocycles. The highest BCUT2D eigenvalue weighted by atomic mass is 15.0. The number of nitrogens with one attached hydrogen (secondary N) is 1. The Morgan fingerprint density at radius 3 is 2.60 bits per heavy atom. The molecule has 0 saturated carbocycles. The Hall–Kier alpha value is -1.90. The molecular formula is C17H23N3. The fourth-order valence-electron chi connectivity index (χ4n) is 2.37. The van der Waals surface area contributed by atoms with Crippen LogP contribution in [-0.2, 0) is 6.42 Å². The first-order chi connectivity index (χ1) is 9.67. The summed E-state index contributed by atoms with van der Waals surface area (Å²) in [4.78, 5) is 8.94. The monoisotopic (exact) mass is 269 g/mol. The number of hydrogen-bond donors (Lipinski definition) is 1. The Morgan fingerprint density at radius 1 is 1.10 bits per heavy atom. The SMILES string of the molecule is CCCNc1ncnc(-c2cc(C)ccc2C)c1CC. The normalized spacial score (nSPS) is 10.6. The molecule has 3 heteroatoms. The Kier molecular flexibility index (Phi) is 4.72. The molecule has 20 heavy (non-hydrogen) atoms. The zero-order valence-electron chi connectivity index (χ0n) is 12.8. The van der Waals surface area contributed by atoms with Crippen molar-refractivity contribution in [1.82, 2.24) is 9.97 Å². The van der Waals surface area contributed by atoms with Crippen molar-refractivity contribution in [3.8, 4) is 11.3 Å². The molecule has 0 atom stereocenters. The maximum absolute atomic E-state index is 4.54. The summed E-state index contributed by atoms with van der Waals surface area (Å²) in [6.07, 6.45) is 3.68. The number of benzene rings is 1. The number of anilines is 1. The van der Waals surface area contributed by atoms with E-state index in [1.54, 1.807) is 6.33 Å². The predicted octanol–water partition coefficient (Wildman–Crippen LogP) is 4.14. The number of aromatic nitrogens is 2. The van der Waals surface area contributed by atoms with Gasteiger partial charge in [0.05, 0.1) is 5.69 Å². The summed E-state index contributed by atoms with van der Waals surface area (Å²) in [5, 5.41) is 3.41. The van der Waals surface area contributed by atoms with Crippen molar-refractivity contribution in [1.29, 1.82) is 0 Å². The first-order valence-corrected chi connectivity index (χ1v) is 7.32. The van der Waals surface area contributed by atoms with Gasteiger partial charge in [-0.25, -0.2) is 9.97 Å². The summed E-state index contributed by atoms with van der Waals surface area (Å²) in [7, 11) is 0. The molecule has 1 aromatic heterocycles. The summed E-state index contributed by atoms with van der Waals surface area (Å²) in [6.45, 7) is 9.51. The molecule has 106 valence electrons. The van der Waals surface area contributed by atoms with Gasteiger partial charge in [0.1, 0.15) is 12.1 Å². The van der Waals surface area contributed by atoms with Gasteiger partial charge in [0.25, 0.3) is 0 Å². The van der Waals surface area contributed by atoms with Crippen molar-refractivity contribution in [3.05, 3.63) is 41.2 Å². The van der Waals surface area contributed by atoms with Gasteiger partial charge in [-0.2, -0.15) is 0 Å². The molecule has 2 aromatic rings. The van der Waals surface area contributed by atoms with E-state index in [1.807, 2.05) is 0 Å². The van der Waals surface area contributed by atoms with Crippen molar-refractivity contribution >= 4 is 5.82 Å². The molecule has 0 spiro atoms. The van der Waals surface area contributed by atoms with Crippen molar-refractivity contribution in [2.24, 2.45) is 0 Å². The molecule has 0 fully saturated rings. The lowest BCUT2D eigenvalue weighted by molar-refractivity contribution is 0.949. The Balaban J connectivity index is 2.53. The molecule has 1 heterocycles. The second-order valence-corrected chi connectivity index (χ2v) is 5.15. The van der Waals surface area contributed by atoms with E-state index in [0.29, 0.717) is 0 Å². The van der Waals surface area contributed by atoms with E-state index >= 15 is 0 Å². The summed E-state index contributed by atoms with van der Waals surface area (Å²) in [6, 6.07) is 6.51. The Labute approximate surface area is 121 Å². The van der Waals surface area contributed by atoms with Crippen LogP contribution in [0.4, 0.5) is 5.82 Å². The molecule has 0 aliphatic heterocycles. The zero-order valence-corrected chi connectivity index (χ0v) is 12.8. The Morgan fingerprint density at radius 2 is 1.90 bits per heavy atom. The molecular weight excluding hydrogens is 246 g/mol. The minimum absolute atomic E-state index is 0.926. The third-order valence-corrected chi connectivity index (χ3v) is 3.49. The van der Waals surface area contributed by atoms with Gasteiger partial charge in [-0.1, -0.05) is 31.5 Å². The molecule has 0 aliphatic rings. The van der Waals surface area contributed by atoms with E-state index < -0.39 is 0 Å². The van der Waals surface area contributed by atoms with Crippen LogP contribution in [0.15, 0.2) is 24.5 Å². The van der Waals surface area contributed by atoms with Gasteiger partial charge in [0.15, 0.2) is 0 Å².